The zero-order valence-electron chi connectivity index (χ0n) is 13.5. The molecular weight excluding hydrogens is 297 g/mol. The largest absolute Gasteiger partial charge is 0.444 e. The van der Waals surface area contributed by atoms with E-state index in [9.17, 15) is 17.1 Å². The van der Waals surface area contributed by atoms with Gasteiger partial charge in [0.25, 0.3) is 0 Å². The topological polar surface area (TPSA) is 63.7 Å². The quantitative estimate of drug-likeness (QED) is 0.749. The maximum Gasteiger partial charge on any atom is 0.410 e. The molecule has 0 radical (unpaired) electrons. The fraction of sp³-hybridized carbons (Fsp3) is 0.929. The van der Waals surface area contributed by atoms with Gasteiger partial charge in [-0.25, -0.2) is 4.79 Å². The van der Waals surface area contributed by atoms with Crippen LogP contribution in [0.1, 0.15) is 47.5 Å². The van der Waals surface area contributed by atoms with Gasteiger partial charge < -0.3 is 9.64 Å². The van der Waals surface area contributed by atoms with Gasteiger partial charge in [0, 0.05) is 18.5 Å². The van der Waals surface area contributed by atoms with Crippen molar-refractivity contribution in [3.63, 3.8) is 0 Å². The van der Waals surface area contributed by atoms with Gasteiger partial charge in [-0.15, -0.1) is 3.89 Å². The normalized spacial score (nSPS) is 24.2. The first-order valence-corrected chi connectivity index (χ1v) is 8.80. The van der Waals surface area contributed by atoms with Crippen molar-refractivity contribution < 1.29 is 21.8 Å². The second-order valence-electron chi connectivity index (χ2n) is 7.21. The van der Waals surface area contributed by atoms with E-state index in [2.05, 4.69) is 0 Å². The number of halogens is 1. The summed E-state index contributed by atoms with van der Waals surface area (Å²) in [6.07, 6.45) is 0.767. The molecule has 1 aliphatic rings. The van der Waals surface area contributed by atoms with Crippen molar-refractivity contribution in [2.75, 3.05) is 18.8 Å². The number of hydrogen-bond acceptors (Lipinski definition) is 4. The fourth-order valence-electron chi connectivity index (χ4n) is 2.74. The molecule has 1 atom stereocenters. The minimum atomic E-state index is -4.59. The van der Waals surface area contributed by atoms with Crippen molar-refractivity contribution in [3.05, 3.63) is 0 Å². The Morgan fingerprint density at radius 3 is 2.38 bits per heavy atom. The predicted molar refractivity (Wildman–Crippen MR) is 79.2 cm³/mol. The van der Waals surface area contributed by atoms with E-state index in [4.69, 9.17) is 4.74 Å². The Kier molecular flexibility index (Phi) is 5.29. The first-order chi connectivity index (χ1) is 9.35. The van der Waals surface area contributed by atoms with Gasteiger partial charge in [0.15, 0.2) is 0 Å². The van der Waals surface area contributed by atoms with Crippen LogP contribution in [0.2, 0.25) is 0 Å². The molecular formula is C14H26FNO4S. The summed E-state index contributed by atoms with van der Waals surface area (Å²) in [6, 6.07) is 0. The third-order valence-corrected chi connectivity index (χ3v) is 4.86. The molecule has 0 saturated carbocycles. The number of amides is 1. The number of ether oxygens (including phenoxy) is 1. The lowest BCUT2D eigenvalue weighted by atomic mass is 9.73. The van der Waals surface area contributed by atoms with Crippen molar-refractivity contribution in [1.82, 2.24) is 4.90 Å². The van der Waals surface area contributed by atoms with Gasteiger partial charge in [-0.1, -0.05) is 13.8 Å². The molecule has 21 heavy (non-hydrogen) atoms. The maximum absolute atomic E-state index is 13.2. The zero-order chi connectivity index (χ0) is 16.5. The van der Waals surface area contributed by atoms with Crippen molar-refractivity contribution in [2.24, 2.45) is 11.3 Å². The van der Waals surface area contributed by atoms with Crippen LogP contribution in [0, 0.1) is 11.3 Å². The molecule has 1 aliphatic heterocycles. The summed E-state index contributed by atoms with van der Waals surface area (Å²) in [5, 5.41) is 0. The van der Waals surface area contributed by atoms with Gasteiger partial charge in [0.2, 0.25) is 0 Å². The van der Waals surface area contributed by atoms with Gasteiger partial charge in [-0.05, 0) is 39.5 Å². The number of hydrogen-bond donors (Lipinski definition) is 0. The molecule has 1 amide bonds. The van der Waals surface area contributed by atoms with Gasteiger partial charge in [-0.2, -0.15) is 8.42 Å². The van der Waals surface area contributed by atoms with Crippen LogP contribution in [0.5, 0.6) is 0 Å². The number of nitrogens with zero attached hydrogens (tertiary/aromatic N) is 1. The summed E-state index contributed by atoms with van der Waals surface area (Å²) in [7, 11) is -4.59. The molecule has 0 spiro atoms. The minimum absolute atomic E-state index is 0.0479. The Balaban J connectivity index is 2.92. The molecule has 5 nitrogen and oxygen atoms in total. The van der Waals surface area contributed by atoms with Gasteiger partial charge in [-0.3, -0.25) is 0 Å². The molecule has 1 unspecified atom stereocenters. The van der Waals surface area contributed by atoms with E-state index in [1.165, 1.54) is 4.90 Å². The summed E-state index contributed by atoms with van der Waals surface area (Å²) in [5.41, 5.74) is -1.36. The molecule has 1 rings (SSSR count). The number of rotatable bonds is 3. The SMILES string of the molecule is CC(C)C1(CS(=O)(=O)F)CCCN(C(=O)OC(C)(C)C)C1. The molecule has 124 valence electrons. The molecule has 0 N–H and O–H groups in total. The lowest BCUT2D eigenvalue weighted by molar-refractivity contribution is -0.000516. The Morgan fingerprint density at radius 1 is 1.38 bits per heavy atom. The lowest BCUT2D eigenvalue weighted by Gasteiger charge is -2.44. The number of carbonyl (C=O) groups excluding carboxylic acids is 1. The molecule has 0 aromatic rings. The van der Waals surface area contributed by atoms with E-state index in [0.29, 0.717) is 19.4 Å². The van der Waals surface area contributed by atoms with Crippen LogP contribution in [0.3, 0.4) is 0 Å². The van der Waals surface area contributed by atoms with E-state index in [-0.39, 0.29) is 12.5 Å². The van der Waals surface area contributed by atoms with Crippen molar-refractivity contribution in [3.8, 4) is 0 Å². The Labute approximate surface area is 127 Å². The minimum Gasteiger partial charge on any atom is -0.444 e. The third kappa shape index (κ3) is 5.45. The molecule has 0 bridgehead atoms. The molecule has 1 fully saturated rings. The second kappa shape index (κ2) is 6.10. The lowest BCUT2D eigenvalue weighted by Crippen LogP contribution is -2.52. The first-order valence-electron chi connectivity index (χ1n) is 7.25. The van der Waals surface area contributed by atoms with Crippen molar-refractivity contribution in [2.45, 2.75) is 53.1 Å². The first kappa shape index (κ1) is 18.2. The summed E-state index contributed by atoms with van der Waals surface area (Å²) in [6.45, 7) is 9.77. The molecule has 7 heteroatoms. The summed E-state index contributed by atoms with van der Waals surface area (Å²) in [4.78, 5) is 13.7. The highest BCUT2D eigenvalue weighted by atomic mass is 32.3. The standard InChI is InChI=1S/C14H26FNO4S/c1-11(2)14(10-21(15,18)19)7-6-8-16(9-14)12(17)20-13(3,4)5/h11H,6-10H2,1-5H3. The summed E-state index contributed by atoms with van der Waals surface area (Å²) in [5.74, 6) is -0.593. The fourth-order valence-corrected chi connectivity index (χ4v) is 4.00. The van der Waals surface area contributed by atoms with E-state index in [1.807, 2.05) is 13.8 Å². The average Bonchev–Trinajstić information content (AvgIpc) is 2.24. The van der Waals surface area contributed by atoms with Crippen LogP contribution in [-0.2, 0) is 15.0 Å². The molecule has 0 aliphatic carbocycles. The summed E-state index contributed by atoms with van der Waals surface area (Å²) < 4.78 is 40.8. The smallest absolute Gasteiger partial charge is 0.410 e. The van der Waals surface area contributed by atoms with E-state index < -0.39 is 33.1 Å². The monoisotopic (exact) mass is 323 g/mol. The highest BCUT2D eigenvalue weighted by Gasteiger charge is 2.44. The van der Waals surface area contributed by atoms with Gasteiger partial charge in [0.05, 0.1) is 5.75 Å². The maximum atomic E-state index is 13.2. The van der Waals surface area contributed by atoms with Crippen LogP contribution < -0.4 is 0 Å². The van der Waals surface area contributed by atoms with Crippen molar-refractivity contribution >= 4 is 16.3 Å². The average molecular weight is 323 g/mol. The van der Waals surface area contributed by atoms with E-state index >= 15 is 0 Å². The van der Waals surface area contributed by atoms with Gasteiger partial charge in [0.1, 0.15) is 5.60 Å². The highest BCUT2D eigenvalue weighted by Crippen LogP contribution is 2.39. The van der Waals surface area contributed by atoms with Crippen LogP contribution in [-0.4, -0.2) is 43.9 Å². The molecule has 1 heterocycles. The Hall–Kier alpha value is -0.850. The van der Waals surface area contributed by atoms with E-state index in [0.717, 1.165) is 0 Å². The summed E-state index contributed by atoms with van der Waals surface area (Å²) >= 11 is 0. The molecule has 0 aromatic heterocycles. The van der Waals surface area contributed by atoms with Crippen LogP contribution in [0.15, 0.2) is 0 Å². The third-order valence-electron chi connectivity index (χ3n) is 3.94. The predicted octanol–water partition coefficient (Wildman–Crippen LogP) is 2.96. The molecule has 0 aromatic carbocycles. The Bertz CT molecular complexity index is 484. The van der Waals surface area contributed by atoms with Gasteiger partial charge >= 0.3 is 16.3 Å². The number of carbonyl (C=O) groups is 1. The van der Waals surface area contributed by atoms with Crippen LogP contribution in [0.4, 0.5) is 8.68 Å². The zero-order valence-corrected chi connectivity index (χ0v) is 14.3. The highest BCUT2D eigenvalue weighted by molar-refractivity contribution is 7.86. The van der Waals surface area contributed by atoms with Crippen LogP contribution in [0.25, 0.3) is 0 Å². The number of piperidine rings is 1. The van der Waals surface area contributed by atoms with Crippen molar-refractivity contribution in [1.29, 1.82) is 0 Å². The molecule has 1 saturated heterocycles. The second-order valence-corrected chi connectivity index (χ2v) is 8.57. The number of likely N-dealkylation sites (tertiary alicyclic amines) is 1. The van der Waals surface area contributed by atoms with Crippen LogP contribution >= 0.6 is 0 Å². The van der Waals surface area contributed by atoms with E-state index in [1.54, 1.807) is 20.8 Å². The Morgan fingerprint density at radius 2 is 1.95 bits per heavy atom.